The average molecular weight is 306 g/mol. The van der Waals surface area contributed by atoms with Crippen molar-refractivity contribution in [3.05, 3.63) is 42.2 Å². The van der Waals surface area contributed by atoms with E-state index < -0.39 is 0 Å². The molecule has 2 heterocycles. The van der Waals surface area contributed by atoms with Gasteiger partial charge in [0.05, 0.1) is 14.7 Å². The van der Waals surface area contributed by atoms with Gasteiger partial charge in [0.25, 0.3) is 0 Å². The molecule has 2 aromatic heterocycles. The van der Waals surface area contributed by atoms with Crippen molar-refractivity contribution in [1.29, 1.82) is 0 Å². The van der Waals surface area contributed by atoms with Crippen molar-refractivity contribution in [2.75, 3.05) is 6.54 Å². The highest BCUT2D eigenvalue weighted by atomic mass is 35.5. The van der Waals surface area contributed by atoms with Crippen LogP contribution in [0.3, 0.4) is 0 Å². The zero-order valence-corrected chi connectivity index (χ0v) is 12.7. The van der Waals surface area contributed by atoms with E-state index in [2.05, 4.69) is 30.6 Å². The third-order valence-electron chi connectivity index (χ3n) is 2.57. The summed E-state index contributed by atoms with van der Waals surface area (Å²) in [4.78, 5) is 1.31. The van der Waals surface area contributed by atoms with Gasteiger partial charge in [-0.25, -0.2) is 0 Å². The van der Waals surface area contributed by atoms with E-state index in [1.165, 1.54) is 21.8 Å². The summed E-state index contributed by atoms with van der Waals surface area (Å²) in [6.45, 7) is 5.11. The fourth-order valence-electron chi connectivity index (χ4n) is 1.78. The van der Waals surface area contributed by atoms with Crippen LogP contribution in [0, 0.1) is 6.92 Å². The molecule has 0 saturated carbocycles. The predicted molar refractivity (Wildman–Crippen MR) is 78.9 cm³/mol. The summed E-state index contributed by atoms with van der Waals surface area (Å²) >= 11 is 15.4. The maximum Gasteiger partial charge on any atom is 0.0995 e. The molecular formula is C12H13Cl2NS2. The molecule has 0 aliphatic heterocycles. The van der Waals surface area contributed by atoms with Crippen LogP contribution in [0.1, 0.15) is 29.0 Å². The van der Waals surface area contributed by atoms with Gasteiger partial charge >= 0.3 is 0 Å². The molecule has 0 saturated heterocycles. The molecule has 5 heteroatoms. The Morgan fingerprint density at radius 2 is 2.18 bits per heavy atom. The largest absolute Gasteiger partial charge is 0.306 e. The first kappa shape index (κ1) is 13.4. The minimum absolute atomic E-state index is 0.149. The van der Waals surface area contributed by atoms with E-state index in [1.807, 2.05) is 6.07 Å². The first-order valence-electron chi connectivity index (χ1n) is 5.35. The lowest BCUT2D eigenvalue weighted by Gasteiger charge is -2.17. The van der Waals surface area contributed by atoms with Crippen LogP contribution in [-0.4, -0.2) is 6.54 Å². The summed E-state index contributed by atoms with van der Waals surface area (Å²) in [7, 11) is 0. The highest BCUT2D eigenvalue weighted by Crippen LogP contribution is 2.39. The quantitative estimate of drug-likeness (QED) is 0.826. The second kappa shape index (κ2) is 5.72. The zero-order valence-electron chi connectivity index (χ0n) is 9.59. The minimum Gasteiger partial charge on any atom is -0.306 e. The van der Waals surface area contributed by atoms with Crippen LogP contribution in [0.5, 0.6) is 0 Å². The molecule has 1 nitrogen and oxygen atoms in total. The Labute approximate surface area is 119 Å². The van der Waals surface area contributed by atoms with Crippen LogP contribution in [0.2, 0.25) is 8.67 Å². The van der Waals surface area contributed by atoms with Gasteiger partial charge in [-0.2, -0.15) is 0 Å². The monoisotopic (exact) mass is 305 g/mol. The molecule has 2 aromatic rings. The van der Waals surface area contributed by atoms with Crippen molar-refractivity contribution in [3.8, 4) is 0 Å². The first-order chi connectivity index (χ1) is 8.13. The maximum absolute atomic E-state index is 6.24. The number of hydrogen-bond donors (Lipinski definition) is 1. The molecule has 0 aromatic carbocycles. The molecule has 1 N–H and O–H groups in total. The van der Waals surface area contributed by atoms with Crippen LogP contribution in [0.15, 0.2) is 17.5 Å². The lowest BCUT2D eigenvalue weighted by Crippen LogP contribution is -2.21. The molecule has 0 bridgehead atoms. The van der Waals surface area contributed by atoms with Gasteiger partial charge in [0.1, 0.15) is 0 Å². The number of thiophene rings is 2. The summed E-state index contributed by atoms with van der Waals surface area (Å²) in [5, 5.41) is 5.58. The van der Waals surface area contributed by atoms with E-state index in [9.17, 15) is 0 Å². The van der Waals surface area contributed by atoms with Gasteiger partial charge < -0.3 is 5.32 Å². The lowest BCUT2D eigenvalue weighted by molar-refractivity contribution is 0.639. The van der Waals surface area contributed by atoms with Gasteiger partial charge in [-0.05, 0) is 36.5 Å². The molecule has 1 unspecified atom stereocenters. The number of nitrogens with one attached hydrogen (secondary N) is 1. The third kappa shape index (κ3) is 2.85. The normalized spacial score (nSPS) is 12.9. The van der Waals surface area contributed by atoms with E-state index in [0.717, 1.165) is 20.8 Å². The smallest absolute Gasteiger partial charge is 0.0995 e. The van der Waals surface area contributed by atoms with Gasteiger partial charge in [-0.1, -0.05) is 30.1 Å². The van der Waals surface area contributed by atoms with Gasteiger partial charge in [-0.15, -0.1) is 22.7 Å². The number of hydrogen-bond acceptors (Lipinski definition) is 3. The fraction of sp³-hybridized carbons (Fsp3) is 0.333. The van der Waals surface area contributed by atoms with Crippen LogP contribution >= 0.6 is 45.9 Å². The molecule has 0 aliphatic rings. The molecule has 0 spiro atoms. The van der Waals surface area contributed by atoms with E-state index in [1.54, 1.807) is 11.3 Å². The van der Waals surface area contributed by atoms with Crippen molar-refractivity contribution in [2.45, 2.75) is 19.9 Å². The van der Waals surface area contributed by atoms with Crippen molar-refractivity contribution in [1.82, 2.24) is 5.32 Å². The van der Waals surface area contributed by atoms with Gasteiger partial charge in [0.15, 0.2) is 0 Å². The molecule has 0 amide bonds. The topological polar surface area (TPSA) is 12.0 Å². The molecule has 2 rings (SSSR count). The molecule has 1 atom stereocenters. The highest BCUT2D eigenvalue weighted by molar-refractivity contribution is 7.20. The van der Waals surface area contributed by atoms with Gasteiger partial charge in [-0.3, -0.25) is 0 Å². The highest BCUT2D eigenvalue weighted by Gasteiger charge is 2.21. The summed E-state index contributed by atoms with van der Waals surface area (Å²) in [5.41, 5.74) is 2.37. The lowest BCUT2D eigenvalue weighted by atomic mass is 10.1. The molecule has 0 radical (unpaired) electrons. The van der Waals surface area contributed by atoms with Crippen molar-refractivity contribution in [3.63, 3.8) is 0 Å². The second-order valence-electron chi connectivity index (χ2n) is 3.74. The number of rotatable bonds is 4. The molecular weight excluding hydrogens is 293 g/mol. The Balaban J connectivity index is 2.42. The Kier molecular flexibility index (Phi) is 4.50. The van der Waals surface area contributed by atoms with Crippen LogP contribution in [0.25, 0.3) is 0 Å². The van der Waals surface area contributed by atoms with Crippen LogP contribution in [0.4, 0.5) is 0 Å². The van der Waals surface area contributed by atoms with Crippen LogP contribution < -0.4 is 5.32 Å². The second-order valence-corrected chi connectivity index (χ2v) is 6.97. The Bertz CT molecular complexity index is 504. The molecule has 0 aliphatic carbocycles. The van der Waals surface area contributed by atoms with E-state index in [4.69, 9.17) is 23.2 Å². The van der Waals surface area contributed by atoms with E-state index in [0.29, 0.717) is 0 Å². The summed E-state index contributed by atoms with van der Waals surface area (Å²) in [6.07, 6.45) is 0. The van der Waals surface area contributed by atoms with Crippen molar-refractivity contribution in [2.24, 2.45) is 0 Å². The minimum atomic E-state index is 0.149. The van der Waals surface area contributed by atoms with Gasteiger partial charge in [0.2, 0.25) is 0 Å². The summed E-state index contributed by atoms with van der Waals surface area (Å²) < 4.78 is 1.51. The third-order valence-corrected chi connectivity index (χ3v) is 5.17. The van der Waals surface area contributed by atoms with Crippen LogP contribution in [-0.2, 0) is 0 Å². The predicted octanol–water partition coefficient (Wildman–Crippen LogP) is 5.12. The zero-order chi connectivity index (χ0) is 12.4. The van der Waals surface area contributed by atoms with E-state index in [-0.39, 0.29) is 6.04 Å². The van der Waals surface area contributed by atoms with Crippen molar-refractivity contribution >= 4 is 45.9 Å². The maximum atomic E-state index is 6.24. The summed E-state index contributed by atoms with van der Waals surface area (Å²) in [6, 6.07) is 4.24. The molecule has 92 valence electrons. The standard InChI is InChI=1S/C12H13Cl2NS2/c1-3-15-10(11-7(2)4-5-16-11)8-6-9(13)17-12(8)14/h4-6,10,15H,3H2,1-2H3. The first-order valence-corrected chi connectivity index (χ1v) is 7.80. The average Bonchev–Trinajstić information content (AvgIpc) is 2.82. The Hall–Kier alpha value is -0.0600. The SMILES string of the molecule is CCNC(c1cc(Cl)sc1Cl)c1sccc1C. The summed E-state index contributed by atoms with van der Waals surface area (Å²) in [5.74, 6) is 0. The van der Waals surface area contributed by atoms with Crippen molar-refractivity contribution < 1.29 is 0 Å². The van der Waals surface area contributed by atoms with Gasteiger partial charge in [0, 0.05) is 10.4 Å². The number of aryl methyl sites for hydroxylation is 1. The van der Waals surface area contributed by atoms with E-state index >= 15 is 0 Å². The Morgan fingerprint density at radius 1 is 1.41 bits per heavy atom. The molecule has 17 heavy (non-hydrogen) atoms. The Morgan fingerprint density at radius 3 is 2.65 bits per heavy atom. The number of halogens is 2. The molecule has 0 fully saturated rings. The fourth-order valence-corrected chi connectivity index (χ4v) is 4.33.